The zero-order valence-corrected chi connectivity index (χ0v) is 32.7. The molecular weight excluding hydrogens is 675 g/mol. The molecule has 3 aromatic carbocycles. The summed E-state index contributed by atoms with van der Waals surface area (Å²) in [4.78, 5) is 37.6. The van der Waals surface area contributed by atoms with Crippen LogP contribution in [0.4, 0.5) is 16.5 Å². The zero-order valence-electron chi connectivity index (χ0n) is 31.9. The maximum absolute atomic E-state index is 14.8. The number of hydrazine groups is 1. The molecule has 8 heteroatoms. The lowest BCUT2D eigenvalue weighted by Gasteiger charge is -2.37. The van der Waals surface area contributed by atoms with Gasteiger partial charge in [-0.05, 0) is 67.5 Å². The summed E-state index contributed by atoms with van der Waals surface area (Å²) in [7, 11) is 0. The SMILES string of the molecule is CCCCC(CC)CN(CC(CC)CCCC)c1nc(-c2ccccc2)c(/C=C2\C(=O)N(N(c3ccccc3)c3ccccc3)C(=O)C(C#N)=C2C)s1. The van der Waals surface area contributed by atoms with Crippen LogP contribution >= 0.6 is 11.3 Å². The molecule has 1 aliphatic heterocycles. The van der Waals surface area contributed by atoms with Gasteiger partial charge in [-0.15, -0.1) is 0 Å². The number of nitrogens with zero attached hydrogens (tertiary/aromatic N) is 5. The van der Waals surface area contributed by atoms with E-state index in [0.29, 0.717) is 34.4 Å². The Morgan fingerprint density at radius 1 is 0.774 bits per heavy atom. The Morgan fingerprint density at radius 3 is 1.75 bits per heavy atom. The Labute approximate surface area is 320 Å². The summed E-state index contributed by atoms with van der Waals surface area (Å²) in [5, 5.41) is 14.0. The lowest BCUT2D eigenvalue weighted by molar-refractivity contribution is -0.140. The van der Waals surface area contributed by atoms with Crippen LogP contribution in [0.5, 0.6) is 0 Å². The van der Waals surface area contributed by atoms with Crippen molar-refractivity contribution in [2.45, 2.75) is 86.0 Å². The minimum absolute atomic E-state index is 0.0660. The lowest BCUT2D eigenvalue weighted by Crippen LogP contribution is -2.51. The molecule has 0 saturated carbocycles. The average molecular weight is 728 g/mol. The first-order chi connectivity index (χ1) is 25.8. The van der Waals surface area contributed by atoms with Gasteiger partial charge in [-0.2, -0.15) is 10.3 Å². The van der Waals surface area contributed by atoms with Crippen molar-refractivity contribution in [1.29, 1.82) is 5.26 Å². The number of unbranched alkanes of at least 4 members (excludes halogenated alkanes) is 2. The van der Waals surface area contributed by atoms with Gasteiger partial charge < -0.3 is 4.90 Å². The van der Waals surface area contributed by atoms with E-state index in [-0.39, 0.29) is 5.57 Å². The maximum Gasteiger partial charge on any atom is 0.291 e. The topological polar surface area (TPSA) is 80.5 Å². The number of imide groups is 1. The van der Waals surface area contributed by atoms with E-state index in [1.54, 1.807) is 23.3 Å². The van der Waals surface area contributed by atoms with Crippen molar-refractivity contribution in [1.82, 2.24) is 9.99 Å². The van der Waals surface area contributed by atoms with Crippen LogP contribution < -0.4 is 9.91 Å². The third kappa shape index (κ3) is 9.33. The molecule has 0 fully saturated rings. The number of hydrogen-bond donors (Lipinski definition) is 0. The smallest absolute Gasteiger partial charge is 0.291 e. The van der Waals surface area contributed by atoms with Crippen molar-refractivity contribution >= 4 is 45.7 Å². The van der Waals surface area contributed by atoms with Crippen LogP contribution in [0.1, 0.15) is 90.9 Å². The molecule has 0 bridgehead atoms. The normalized spacial score (nSPS) is 15.1. The first-order valence-electron chi connectivity index (χ1n) is 19.3. The fraction of sp³-hybridized carbons (Fsp3) is 0.378. The second-order valence-corrected chi connectivity index (χ2v) is 14.9. The first-order valence-corrected chi connectivity index (χ1v) is 20.1. The molecule has 7 nitrogen and oxygen atoms in total. The maximum atomic E-state index is 14.8. The fourth-order valence-corrected chi connectivity index (χ4v) is 7.99. The Bertz CT molecular complexity index is 1850. The van der Waals surface area contributed by atoms with Crippen molar-refractivity contribution in [2.24, 2.45) is 11.8 Å². The second-order valence-electron chi connectivity index (χ2n) is 13.9. The van der Waals surface area contributed by atoms with Crippen LogP contribution in [-0.4, -0.2) is 34.9 Å². The van der Waals surface area contributed by atoms with Crippen LogP contribution in [0, 0.1) is 23.2 Å². The van der Waals surface area contributed by atoms with E-state index >= 15 is 0 Å². The van der Waals surface area contributed by atoms with Crippen LogP contribution in [0.3, 0.4) is 0 Å². The summed E-state index contributed by atoms with van der Waals surface area (Å²) in [5.74, 6) is -0.0559. The van der Waals surface area contributed by atoms with Crippen molar-refractivity contribution in [3.05, 3.63) is 113 Å². The number of anilines is 3. The molecule has 0 N–H and O–H groups in total. The number of amides is 2. The lowest BCUT2D eigenvalue weighted by atomic mass is 9.95. The zero-order chi connectivity index (χ0) is 37.7. The molecule has 0 spiro atoms. The first kappa shape index (κ1) is 39.2. The van der Waals surface area contributed by atoms with Crippen LogP contribution in [0.25, 0.3) is 17.3 Å². The predicted octanol–water partition coefficient (Wildman–Crippen LogP) is 11.4. The third-order valence-corrected chi connectivity index (χ3v) is 11.3. The van der Waals surface area contributed by atoms with Gasteiger partial charge in [-0.25, -0.2) is 9.99 Å². The quantitative estimate of drug-likeness (QED) is 0.0750. The number of benzene rings is 3. The van der Waals surface area contributed by atoms with Gasteiger partial charge in [0.2, 0.25) is 0 Å². The number of carbonyl (C=O) groups excluding carboxylic acids is 2. The van der Waals surface area contributed by atoms with E-state index < -0.39 is 11.8 Å². The molecule has 2 atom stereocenters. The number of carbonyl (C=O) groups is 2. The molecule has 0 saturated heterocycles. The number of thiazole rings is 1. The fourth-order valence-electron chi connectivity index (χ4n) is 6.95. The van der Waals surface area contributed by atoms with Gasteiger partial charge in [0.1, 0.15) is 11.6 Å². The molecule has 4 aromatic rings. The average Bonchev–Trinajstić information content (AvgIpc) is 3.62. The number of hydrogen-bond acceptors (Lipinski definition) is 7. The summed E-state index contributed by atoms with van der Waals surface area (Å²) in [6.45, 7) is 12.6. The van der Waals surface area contributed by atoms with Crippen molar-refractivity contribution in [3.8, 4) is 17.3 Å². The van der Waals surface area contributed by atoms with Crippen LogP contribution in [0.15, 0.2) is 108 Å². The highest BCUT2D eigenvalue weighted by Gasteiger charge is 2.40. The summed E-state index contributed by atoms with van der Waals surface area (Å²) in [5.41, 5.74) is 3.58. The molecule has 5 rings (SSSR count). The van der Waals surface area contributed by atoms with Crippen molar-refractivity contribution < 1.29 is 9.59 Å². The highest BCUT2D eigenvalue weighted by molar-refractivity contribution is 7.17. The monoisotopic (exact) mass is 727 g/mol. The van der Waals surface area contributed by atoms with E-state index in [0.717, 1.165) is 52.2 Å². The number of para-hydroxylation sites is 2. The molecule has 53 heavy (non-hydrogen) atoms. The van der Waals surface area contributed by atoms with E-state index in [1.165, 1.54) is 38.5 Å². The number of rotatable bonds is 18. The molecular formula is C45H53N5O2S. The molecule has 0 radical (unpaired) electrons. The van der Waals surface area contributed by atoms with Gasteiger partial charge in [0.05, 0.1) is 21.9 Å². The van der Waals surface area contributed by atoms with Crippen LogP contribution in [-0.2, 0) is 9.59 Å². The van der Waals surface area contributed by atoms with E-state index in [1.807, 2.05) is 97.1 Å². The molecule has 0 aliphatic carbocycles. The highest BCUT2D eigenvalue weighted by Crippen LogP contribution is 2.40. The molecule has 2 unspecified atom stereocenters. The predicted molar refractivity (Wildman–Crippen MR) is 220 cm³/mol. The van der Waals surface area contributed by atoms with E-state index in [4.69, 9.17) is 4.98 Å². The molecule has 2 amide bonds. The van der Waals surface area contributed by atoms with Gasteiger partial charge in [-0.3, -0.25) is 9.59 Å². The molecule has 276 valence electrons. The number of aromatic nitrogens is 1. The summed E-state index contributed by atoms with van der Waals surface area (Å²) in [6, 6.07) is 30.8. The van der Waals surface area contributed by atoms with E-state index in [2.05, 4.69) is 38.7 Å². The van der Waals surface area contributed by atoms with Gasteiger partial charge in [0.25, 0.3) is 11.8 Å². The summed E-state index contributed by atoms with van der Waals surface area (Å²) < 4.78 is 0. The van der Waals surface area contributed by atoms with Gasteiger partial charge in [0, 0.05) is 24.2 Å². The second kappa shape index (κ2) is 19.2. The number of nitriles is 1. The summed E-state index contributed by atoms with van der Waals surface area (Å²) >= 11 is 1.59. The van der Waals surface area contributed by atoms with Crippen molar-refractivity contribution in [3.63, 3.8) is 0 Å². The largest absolute Gasteiger partial charge is 0.348 e. The van der Waals surface area contributed by atoms with Gasteiger partial charge in [-0.1, -0.05) is 144 Å². The standard InChI is InChI=1S/C45H53N5O2S/c1-6-10-21-34(8-3)31-48(32-35(9-4)22-11-7-2)45-47-42(36-23-15-12-16-24-36)41(53-45)29-39-33(5)40(30-46)44(52)50(43(39)51)49(37-25-17-13-18-26-37)38-27-19-14-20-28-38/h12-20,23-29,34-35H,6-11,21-22,31-32H2,1-5H3/b39-29-. The van der Waals surface area contributed by atoms with Gasteiger partial charge in [0.15, 0.2) is 5.13 Å². The molecule has 2 heterocycles. The Balaban J connectivity index is 1.67. The van der Waals surface area contributed by atoms with E-state index in [9.17, 15) is 14.9 Å². The Morgan fingerprint density at radius 2 is 1.28 bits per heavy atom. The van der Waals surface area contributed by atoms with Crippen molar-refractivity contribution in [2.75, 3.05) is 23.0 Å². The minimum atomic E-state index is -0.658. The summed E-state index contributed by atoms with van der Waals surface area (Å²) in [6.07, 6.45) is 11.2. The molecule has 1 aromatic heterocycles. The minimum Gasteiger partial charge on any atom is -0.348 e. The highest BCUT2D eigenvalue weighted by atomic mass is 32.1. The Kier molecular flexibility index (Phi) is 14.2. The van der Waals surface area contributed by atoms with Gasteiger partial charge >= 0.3 is 0 Å². The third-order valence-electron chi connectivity index (χ3n) is 10.2. The molecule has 1 aliphatic rings. The van der Waals surface area contributed by atoms with Crippen LogP contribution in [0.2, 0.25) is 0 Å². The Hall–Kier alpha value is -5.00.